The van der Waals surface area contributed by atoms with E-state index in [0.717, 1.165) is 5.56 Å². The quantitative estimate of drug-likeness (QED) is 0.865. The minimum atomic E-state index is -0.195. The molecule has 18 heavy (non-hydrogen) atoms. The highest BCUT2D eigenvalue weighted by Gasteiger charge is 2.16. The van der Waals surface area contributed by atoms with Gasteiger partial charge < -0.3 is 5.32 Å². The minimum Gasteiger partial charge on any atom is -0.309 e. The van der Waals surface area contributed by atoms with Gasteiger partial charge in [0, 0.05) is 0 Å². The lowest BCUT2D eigenvalue weighted by Gasteiger charge is -2.21. The van der Waals surface area contributed by atoms with E-state index in [9.17, 15) is 4.39 Å². The fraction of sp³-hybridized carbons (Fsp3) is 0.250. The SMILES string of the molecule is CNC(c1cccc(F)c1)c1c(C)cccc1C. The standard InChI is InChI=1S/C16H18FN/c1-11-6-4-7-12(2)15(11)16(18-3)13-8-5-9-14(17)10-13/h4-10,16,18H,1-3H3. The van der Waals surface area contributed by atoms with Crippen molar-refractivity contribution in [2.75, 3.05) is 7.05 Å². The molecule has 0 heterocycles. The highest BCUT2D eigenvalue weighted by Crippen LogP contribution is 2.27. The molecule has 2 heteroatoms. The van der Waals surface area contributed by atoms with Gasteiger partial charge in [0.2, 0.25) is 0 Å². The maximum atomic E-state index is 13.4. The number of benzene rings is 2. The van der Waals surface area contributed by atoms with Crippen LogP contribution < -0.4 is 5.32 Å². The van der Waals surface area contributed by atoms with Gasteiger partial charge in [-0.15, -0.1) is 0 Å². The van der Waals surface area contributed by atoms with E-state index < -0.39 is 0 Å². The maximum absolute atomic E-state index is 13.4. The molecular formula is C16H18FN. The van der Waals surface area contributed by atoms with E-state index in [1.54, 1.807) is 12.1 Å². The van der Waals surface area contributed by atoms with E-state index in [-0.39, 0.29) is 11.9 Å². The Balaban J connectivity index is 2.52. The number of rotatable bonds is 3. The third-order valence-electron chi connectivity index (χ3n) is 3.30. The van der Waals surface area contributed by atoms with Crippen LogP contribution in [0.15, 0.2) is 42.5 Å². The zero-order chi connectivity index (χ0) is 13.1. The molecule has 2 aromatic rings. The molecule has 0 saturated carbocycles. The fourth-order valence-corrected chi connectivity index (χ4v) is 2.45. The van der Waals surface area contributed by atoms with Gasteiger partial charge in [0.1, 0.15) is 5.82 Å². The summed E-state index contributed by atoms with van der Waals surface area (Å²) in [5.41, 5.74) is 4.62. The van der Waals surface area contributed by atoms with Crippen LogP contribution in [0.3, 0.4) is 0 Å². The van der Waals surface area contributed by atoms with Gasteiger partial charge in [-0.3, -0.25) is 0 Å². The first-order chi connectivity index (χ1) is 8.63. The molecule has 94 valence electrons. The summed E-state index contributed by atoms with van der Waals surface area (Å²) in [6.07, 6.45) is 0. The van der Waals surface area contributed by atoms with Crippen molar-refractivity contribution in [2.24, 2.45) is 0 Å². The molecule has 2 rings (SSSR count). The Kier molecular flexibility index (Phi) is 3.78. The Hall–Kier alpha value is -1.67. The molecule has 0 aliphatic rings. The van der Waals surface area contributed by atoms with Gasteiger partial charge in [-0.05, 0) is 55.3 Å². The van der Waals surface area contributed by atoms with Crippen LogP contribution in [-0.4, -0.2) is 7.05 Å². The van der Waals surface area contributed by atoms with Crippen molar-refractivity contribution in [3.8, 4) is 0 Å². The van der Waals surface area contributed by atoms with Crippen LogP contribution in [0.25, 0.3) is 0 Å². The summed E-state index contributed by atoms with van der Waals surface area (Å²) in [5.74, 6) is -0.195. The van der Waals surface area contributed by atoms with Crippen LogP contribution in [0.5, 0.6) is 0 Å². The Morgan fingerprint density at radius 1 is 1.00 bits per heavy atom. The van der Waals surface area contributed by atoms with Gasteiger partial charge in [0.25, 0.3) is 0 Å². The van der Waals surface area contributed by atoms with Gasteiger partial charge in [-0.1, -0.05) is 30.3 Å². The average Bonchev–Trinajstić information content (AvgIpc) is 2.34. The molecule has 0 aliphatic heterocycles. The van der Waals surface area contributed by atoms with E-state index in [1.807, 2.05) is 19.2 Å². The number of hydrogen-bond donors (Lipinski definition) is 1. The normalized spacial score (nSPS) is 12.4. The maximum Gasteiger partial charge on any atom is 0.123 e. The highest BCUT2D eigenvalue weighted by molar-refractivity contribution is 5.41. The lowest BCUT2D eigenvalue weighted by atomic mass is 9.91. The first-order valence-electron chi connectivity index (χ1n) is 6.12. The molecule has 1 N–H and O–H groups in total. The van der Waals surface area contributed by atoms with Crippen LogP contribution >= 0.6 is 0 Å². The summed E-state index contributed by atoms with van der Waals surface area (Å²) in [6.45, 7) is 4.18. The molecular weight excluding hydrogens is 225 g/mol. The van der Waals surface area contributed by atoms with Gasteiger partial charge in [0.15, 0.2) is 0 Å². The molecule has 0 spiro atoms. The Morgan fingerprint density at radius 2 is 1.61 bits per heavy atom. The van der Waals surface area contributed by atoms with Gasteiger partial charge in [-0.25, -0.2) is 4.39 Å². The molecule has 0 bridgehead atoms. The van der Waals surface area contributed by atoms with E-state index in [2.05, 4.69) is 31.3 Å². The van der Waals surface area contributed by atoms with E-state index in [1.165, 1.54) is 22.8 Å². The molecule has 0 saturated heterocycles. The first-order valence-corrected chi connectivity index (χ1v) is 6.12. The lowest BCUT2D eigenvalue weighted by molar-refractivity contribution is 0.615. The first kappa shape index (κ1) is 12.8. The molecule has 0 fully saturated rings. The fourth-order valence-electron chi connectivity index (χ4n) is 2.45. The van der Waals surface area contributed by atoms with Crippen molar-refractivity contribution in [2.45, 2.75) is 19.9 Å². The zero-order valence-electron chi connectivity index (χ0n) is 11.0. The molecule has 0 aromatic heterocycles. The van der Waals surface area contributed by atoms with Crippen LogP contribution in [0, 0.1) is 19.7 Å². The Bertz CT molecular complexity index is 528. The van der Waals surface area contributed by atoms with Crippen LogP contribution in [-0.2, 0) is 0 Å². The monoisotopic (exact) mass is 243 g/mol. The van der Waals surface area contributed by atoms with Gasteiger partial charge in [-0.2, -0.15) is 0 Å². The number of hydrogen-bond acceptors (Lipinski definition) is 1. The Labute approximate surface area is 108 Å². The third-order valence-corrected chi connectivity index (χ3v) is 3.30. The predicted octanol–water partition coefficient (Wildman–Crippen LogP) is 3.75. The lowest BCUT2D eigenvalue weighted by Crippen LogP contribution is -2.19. The highest BCUT2D eigenvalue weighted by atomic mass is 19.1. The van der Waals surface area contributed by atoms with E-state index in [4.69, 9.17) is 0 Å². The molecule has 2 aromatic carbocycles. The summed E-state index contributed by atoms with van der Waals surface area (Å²) < 4.78 is 13.4. The second-order valence-corrected chi connectivity index (χ2v) is 4.58. The van der Waals surface area contributed by atoms with Crippen molar-refractivity contribution >= 4 is 0 Å². The summed E-state index contributed by atoms with van der Waals surface area (Å²) >= 11 is 0. The predicted molar refractivity (Wildman–Crippen MR) is 73.2 cm³/mol. The summed E-state index contributed by atoms with van der Waals surface area (Å²) in [7, 11) is 1.90. The second kappa shape index (κ2) is 5.32. The van der Waals surface area contributed by atoms with Crippen molar-refractivity contribution in [3.05, 3.63) is 70.5 Å². The topological polar surface area (TPSA) is 12.0 Å². The molecule has 0 amide bonds. The van der Waals surface area contributed by atoms with E-state index in [0.29, 0.717) is 0 Å². The van der Waals surface area contributed by atoms with Crippen LogP contribution in [0.1, 0.15) is 28.3 Å². The second-order valence-electron chi connectivity index (χ2n) is 4.58. The van der Waals surface area contributed by atoms with Crippen LogP contribution in [0.4, 0.5) is 4.39 Å². The molecule has 1 atom stereocenters. The summed E-state index contributed by atoms with van der Waals surface area (Å²) in [5, 5.41) is 3.28. The van der Waals surface area contributed by atoms with Crippen LogP contribution in [0.2, 0.25) is 0 Å². The smallest absolute Gasteiger partial charge is 0.123 e. The van der Waals surface area contributed by atoms with Gasteiger partial charge >= 0.3 is 0 Å². The summed E-state index contributed by atoms with van der Waals surface area (Å²) in [6, 6.07) is 13.0. The molecule has 0 radical (unpaired) electrons. The average molecular weight is 243 g/mol. The number of aryl methyl sites for hydroxylation is 2. The van der Waals surface area contributed by atoms with Crippen molar-refractivity contribution < 1.29 is 4.39 Å². The Morgan fingerprint density at radius 3 is 2.17 bits per heavy atom. The zero-order valence-corrected chi connectivity index (χ0v) is 11.0. The number of halogens is 1. The summed E-state index contributed by atoms with van der Waals surface area (Å²) in [4.78, 5) is 0. The van der Waals surface area contributed by atoms with Gasteiger partial charge in [0.05, 0.1) is 6.04 Å². The minimum absolute atomic E-state index is 0.0295. The van der Waals surface area contributed by atoms with Crippen molar-refractivity contribution in [1.82, 2.24) is 5.32 Å². The van der Waals surface area contributed by atoms with Crippen molar-refractivity contribution in [1.29, 1.82) is 0 Å². The molecule has 1 nitrogen and oxygen atoms in total. The molecule has 0 aliphatic carbocycles. The third kappa shape index (κ3) is 2.44. The van der Waals surface area contributed by atoms with E-state index >= 15 is 0 Å². The molecule has 1 unspecified atom stereocenters. The largest absolute Gasteiger partial charge is 0.309 e. The van der Waals surface area contributed by atoms with Crippen molar-refractivity contribution in [3.63, 3.8) is 0 Å². The number of nitrogens with one attached hydrogen (secondary N) is 1.